The third-order valence-corrected chi connectivity index (χ3v) is 13.3. The normalized spacial score (nSPS) is 40.4. The molecule has 1 amide bonds. The van der Waals surface area contributed by atoms with Crippen molar-refractivity contribution in [2.24, 2.45) is 29.6 Å². The number of aliphatic hydroxyl groups excluding tert-OH is 5. The van der Waals surface area contributed by atoms with Crippen LogP contribution in [0, 0.1) is 29.6 Å². The van der Waals surface area contributed by atoms with E-state index in [1.807, 2.05) is 46.8 Å². The van der Waals surface area contributed by atoms with Crippen LogP contribution in [0.1, 0.15) is 133 Å². The van der Waals surface area contributed by atoms with Crippen molar-refractivity contribution in [2.45, 2.75) is 194 Å². The summed E-state index contributed by atoms with van der Waals surface area (Å²) < 4.78 is 17.9. The van der Waals surface area contributed by atoms with Crippen molar-refractivity contribution < 1.29 is 59.2 Å². The quantitative estimate of drug-likeness (QED) is 0.124. The second-order valence-corrected chi connectivity index (χ2v) is 18.2. The van der Waals surface area contributed by atoms with Crippen LogP contribution in [0.5, 0.6) is 0 Å². The van der Waals surface area contributed by atoms with E-state index >= 15 is 0 Å². The fourth-order valence-electron chi connectivity index (χ4n) is 8.90. The van der Waals surface area contributed by atoms with E-state index in [1.165, 1.54) is 4.90 Å². The molecule has 0 aliphatic carbocycles. The second-order valence-electron chi connectivity index (χ2n) is 18.2. The van der Waals surface area contributed by atoms with Crippen LogP contribution in [0.25, 0.3) is 0 Å². The number of aliphatic hydroxyl groups is 6. The molecule has 0 aromatic carbocycles. The molecule has 0 aromatic rings. The predicted molar refractivity (Wildman–Crippen MR) is 225 cm³/mol. The van der Waals surface area contributed by atoms with Gasteiger partial charge in [0.25, 0.3) is 11.7 Å². The number of amides is 1. The van der Waals surface area contributed by atoms with Gasteiger partial charge in [0.15, 0.2) is 0 Å². The van der Waals surface area contributed by atoms with E-state index in [0.29, 0.717) is 44.1 Å². The standard InChI is InChI=1S/C46H77NO12/c1-11-34-16-18-40(29(5)22-27(3)33(9)48)58-45(55)37-14-12-13-19-47(37)44(54)43(53)46(56)31(7)15-17-36(59-46)25-39(51)32(8)38(50)23-35(49)24-41(57-10)28(4)20-26(2)21-30(6)42(34)52/h16,20,22,26-27,30-33,35-42,48-52,56H,11-15,17-19,21,23-25H2,1-10H3/b28-20+,29-22+,34-16+. The van der Waals surface area contributed by atoms with Crippen molar-refractivity contribution in [3.05, 3.63) is 34.9 Å². The number of carbonyl (C=O) groups is 3. The Morgan fingerprint density at radius 3 is 2.27 bits per heavy atom. The lowest BCUT2D eigenvalue weighted by atomic mass is 9.83. The van der Waals surface area contributed by atoms with Crippen LogP contribution in [0.3, 0.4) is 0 Å². The fourth-order valence-corrected chi connectivity index (χ4v) is 8.90. The zero-order valence-corrected chi connectivity index (χ0v) is 37.4. The molecule has 0 spiro atoms. The SMILES string of the molecule is CC/C1=C\CC(/C(C)=C/C(C)C(C)O)OC(=O)C2CCCCN2C(=O)C(=O)C2(O)OC(CCC2C)CC(O)C(C)C(O)CC(O)CC(OC)/C(C)=C/C(C)CC(C)C1O. The highest BCUT2D eigenvalue weighted by Gasteiger charge is 2.53. The topological polar surface area (TPSA) is 204 Å². The number of esters is 1. The van der Waals surface area contributed by atoms with E-state index < -0.39 is 90.2 Å². The Morgan fingerprint density at radius 1 is 0.983 bits per heavy atom. The molecule has 59 heavy (non-hydrogen) atoms. The minimum absolute atomic E-state index is 0.0229. The number of allylic oxidation sites excluding steroid dienone is 1. The summed E-state index contributed by atoms with van der Waals surface area (Å²) in [6, 6.07) is -1.10. The second kappa shape index (κ2) is 23.1. The molecule has 6 N–H and O–H groups in total. The molecule has 0 aromatic heterocycles. The first-order valence-electron chi connectivity index (χ1n) is 22.1. The number of Topliss-reactive ketones (excluding diaryl/α,β-unsaturated/α-hetero) is 1. The Kier molecular flexibility index (Phi) is 19.9. The van der Waals surface area contributed by atoms with Gasteiger partial charge in [0.05, 0.1) is 42.7 Å². The minimum atomic E-state index is -2.51. The van der Waals surface area contributed by atoms with Crippen molar-refractivity contribution in [3.8, 4) is 0 Å². The van der Waals surface area contributed by atoms with Crippen LogP contribution >= 0.6 is 0 Å². The first-order chi connectivity index (χ1) is 27.6. The van der Waals surface area contributed by atoms with Gasteiger partial charge in [-0.05, 0) is 107 Å². The Balaban J connectivity index is 2.05. The lowest BCUT2D eigenvalue weighted by Crippen LogP contribution is -2.61. The monoisotopic (exact) mass is 836 g/mol. The summed E-state index contributed by atoms with van der Waals surface area (Å²) in [4.78, 5) is 43.4. The number of hydrogen-bond acceptors (Lipinski definition) is 12. The number of carbonyl (C=O) groups excluding carboxylic acids is 3. The predicted octanol–water partition coefficient (Wildman–Crippen LogP) is 4.93. The van der Waals surface area contributed by atoms with Gasteiger partial charge in [0, 0.05) is 44.2 Å². The highest BCUT2D eigenvalue weighted by atomic mass is 16.6. The van der Waals surface area contributed by atoms with Gasteiger partial charge in [-0.25, -0.2) is 4.79 Å². The van der Waals surface area contributed by atoms with Crippen LogP contribution in [0.15, 0.2) is 34.9 Å². The molecular weight excluding hydrogens is 759 g/mol. The van der Waals surface area contributed by atoms with Crippen molar-refractivity contribution in [1.82, 2.24) is 4.90 Å². The molecule has 338 valence electrons. The van der Waals surface area contributed by atoms with E-state index in [0.717, 1.165) is 11.1 Å². The molecule has 15 atom stereocenters. The number of methoxy groups -OCH3 is 1. The van der Waals surface area contributed by atoms with Crippen LogP contribution in [0.2, 0.25) is 0 Å². The highest BCUT2D eigenvalue weighted by molar-refractivity contribution is 6.39. The molecular formula is C46H77NO12. The van der Waals surface area contributed by atoms with Crippen LogP contribution in [-0.4, -0.2) is 128 Å². The number of ether oxygens (including phenoxy) is 3. The summed E-state index contributed by atoms with van der Waals surface area (Å²) in [5.74, 6) is -7.27. The number of ketones is 1. The lowest BCUT2D eigenvalue weighted by Gasteiger charge is -2.43. The fraction of sp³-hybridized carbons (Fsp3) is 0.804. The van der Waals surface area contributed by atoms with Gasteiger partial charge in [-0.3, -0.25) is 9.59 Å². The Morgan fingerprint density at radius 2 is 1.64 bits per heavy atom. The Labute approximate surface area is 352 Å². The molecule has 0 radical (unpaired) electrons. The first kappa shape index (κ1) is 50.9. The minimum Gasteiger partial charge on any atom is -0.456 e. The number of cyclic esters (lactones) is 1. The van der Waals surface area contributed by atoms with Crippen LogP contribution < -0.4 is 0 Å². The summed E-state index contributed by atoms with van der Waals surface area (Å²) in [7, 11) is 1.57. The zero-order chi connectivity index (χ0) is 44.4. The third kappa shape index (κ3) is 13.8. The van der Waals surface area contributed by atoms with Crippen molar-refractivity contribution in [3.63, 3.8) is 0 Å². The van der Waals surface area contributed by atoms with Gasteiger partial charge < -0.3 is 49.7 Å². The highest BCUT2D eigenvalue weighted by Crippen LogP contribution is 2.37. The summed E-state index contributed by atoms with van der Waals surface area (Å²) in [5.41, 5.74) is 2.38. The number of hydrogen-bond donors (Lipinski definition) is 6. The maximum atomic E-state index is 14.1. The summed E-state index contributed by atoms with van der Waals surface area (Å²) in [6.45, 7) is 16.7. The molecule has 3 aliphatic rings. The molecule has 2 bridgehead atoms. The van der Waals surface area contributed by atoms with Gasteiger partial charge in [-0.1, -0.05) is 59.8 Å². The molecule has 0 saturated carbocycles. The van der Waals surface area contributed by atoms with Gasteiger partial charge in [-0.15, -0.1) is 0 Å². The van der Waals surface area contributed by atoms with E-state index in [9.17, 15) is 45.0 Å². The maximum absolute atomic E-state index is 14.1. The van der Waals surface area contributed by atoms with Crippen LogP contribution in [-0.2, 0) is 28.6 Å². The van der Waals surface area contributed by atoms with E-state index in [2.05, 4.69) is 13.0 Å². The molecule has 3 rings (SSSR count). The number of piperidine rings is 1. The summed E-state index contributed by atoms with van der Waals surface area (Å²) in [6.07, 6.45) is 2.85. The maximum Gasteiger partial charge on any atom is 0.329 e. The third-order valence-electron chi connectivity index (χ3n) is 13.3. The molecule has 2 saturated heterocycles. The lowest BCUT2D eigenvalue weighted by molar-refractivity contribution is -0.266. The van der Waals surface area contributed by atoms with Crippen molar-refractivity contribution in [2.75, 3.05) is 13.7 Å². The van der Waals surface area contributed by atoms with Gasteiger partial charge in [0.2, 0.25) is 5.79 Å². The molecule has 3 aliphatic heterocycles. The van der Waals surface area contributed by atoms with E-state index in [1.54, 1.807) is 27.9 Å². The Hall–Kier alpha value is -2.49. The van der Waals surface area contributed by atoms with E-state index in [-0.39, 0.29) is 56.4 Å². The summed E-state index contributed by atoms with van der Waals surface area (Å²) >= 11 is 0. The van der Waals surface area contributed by atoms with Gasteiger partial charge in [0.1, 0.15) is 12.1 Å². The smallest absolute Gasteiger partial charge is 0.329 e. The zero-order valence-electron chi connectivity index (χ0n) is 37.4. The van der Waals surface area contributed by atoms with E-state index in [4.69, 9.17) is 14.2 Å². The largest absolute Gasteiger partial charge is 0.456 e. The number of fused-ring (bicyclic) bond motifs is 3. The Bertz CT molecular complexity index is 1480. The molecule has 13 nitrogen and oxygen atoms in total. The van der Waals surface area contributed by atoms with Gasteiger partial charge in [-0.2, -0.15) is 0 Å². The van der Waals surface area contributed by atoms with Crippen LogP contribution in [0.4, 0.5) is 0 Å². The number of nitrogens with zero attached hydrogens (tertiary/aromatic N) is 1. The molecule has 2 fully saturated rings. The molecule has 15 unspecified atom stereocenters. The number of rotatable bonds is 5. The van der Waals surface area contributed by atoms with Crippen molar-refractivity contribution in [1.29, 1.82) is 0 Å². The average molecular weight is 836 g/mol. The average Bonchev–Trinajstić information content (AvgIpc) is 3.19. The summed E-state index contributed by atoms with van der Waals surface area (Å²) in [5, 5.41) is 67.0. The molecule has 3 heterocycles. The molecule has 13 heteroatoms. The van der Waals surface area contributed by atoms with Gasteiger partial charge >= 0.3 is 5.97 Å². The van der Waals surface area contributed by atoms with Crippen molar-refractivity contribution >= 4 is 17.7 Å². The first-order valence-corrected chi connectivity index (χ1v) is 22.1.